The molecule has 1 amide bonds. The van der Waals surface area contributed by atoms with E-state index in [9.17, 15) is 4.79 Å². The molecule has 164 valence electrons. The first-order valence-corrected chi connectivity index (χ1v) is 10.4. The molecule has 3 aromatic heterocycles. The van der Waals surface area contributed by atoms with E-state index < -0.39 is 0 Å². The standard InChI is InChI=1S/C24H27N7O/c1-30(2)14-16-9-18(12-25-11-16)17-5-8-22-21(10-17)23(29-28-22)24(32)27-19-6-7-20(26-13-19)15-31(3)4/h5-13H,14-15H2,1-4H3,(H,27,32)(H,28,29). The minimum Gasteiger partial charge on any atom is -0.319 e. The Bertz CT molecular complexity index is 1230. The van der Waals surface area contributed by atoms with E-state index in [1.165, 1.54) is 0 Å². The van der Waals surface area contributed by atoms with Crippen molar-refractivity contribution in [1.82, 2.24) is 30.0 Å². The highest BCUT2D eigenvalue weighted by atomic mass is 16.1. The number of aromatic nitrogens is 4. The first-order valence-electron chi connectivity index (χ1n) is 10.4. The van der Waals surface area contributed by atoms with Crippen molar-refractivity contribution < 1.29 is 4.79 Å². The molecule has 3 heterocycles. The summed E-state index contributed by atoms with van der Waals surface area (Å²) in [5.41, 5.74) is 5.82. The first kappa shape index (κ1) is 21.6. The molecule has 4 aromatic rings. The Kier molecular flexibility index (Phi) is 6.25. The van der Waals surface area contributed by atoms with Gasteiger partial charge in [-0.15, -0.1) is 0 Å². The van der Waals surface area contributed by atoms with Gasteiger partial charge < -0.3 is 15.1 Å². The summed E-state index contributed by atoms with van der Waals surface area (Å²) in [5.74, 6) is -0.282. The van der Waals surface area contributed by atoms with Gasteiger partial charge in [0.05, 0.1) is 23.1 Å². The average Bonchev–Trinajstić information content (AvgIpc) is 3.18. The number of aromatic amines is 1. The van der Waals surface area contributed by atoms with Crippen LogP contribution in [0.15, 0.2) is 55.0 Å². The molecule has 2 N–H and O–H groups in total. The molecule has 0 saturated heterocycles. The van der Waals surface area contributed by atoms with E-state index >= 15 is 0 Å². The highest BCUT2D eigenvalue weighted by molar-refractivity contribution is 6.11. The van der Waals surface area contributed by atoms with E-state index in [0.29, 0.717) is 11.4 Å². The van der Waals surface area contributed by atoms with Crippen LogP contribution < -0.4 is 5.32 Å². The second-order valence-electron chi connectivity index (χ2n) is 8.38. The van der Waals surface area contributed by atoms with Crippen molar-refractivity contribution in [3.63, 3.8) is 0 Å². The van der Waals surface area contributed by atoms with Crippen molar-refractivity contribution in [3.8, 4) is 11.1 Å². The monoisotopic (exact) mass is 429 g/mol. The lowest BCUT2D eigenvalue weighted by Gasteiger charge is -2.10. The van der Waals surface area contributed by atoms with Gasteiger partial charge in [-0.2, -0.15) is 5.10 Å². The number of H-pyrrole nitrogens is 1. The Hall–Kier alpha value is -3.62. The maximum atomic E-state index is 12.9. The summed E-state index contributed by atoms with van der Waals surface area (Å²) in [6, 6.07) is 11.8. The zero-order chi connectivity index (χ0) is 22.7. The molecule has 0 bridgehead atoms. The van der Waals surface area contributed by atoms with Gasteiger partial charge in [-0.1, -0.05) is 6.07 Å². The molecule has 0 aliphatic carbocycles. The van der Waals surface area contributed by atoms with Gasteiger partial charge >= 0.3 is 0 Å². The summed E-state index contributed by atoms with van der Waals surface area (Å²) in [5, 5.41) is 10.9. The number of rotatable bonds is 7. The minimum absolute atomic E-state index is 0.282. The molecule has 8 heteroatoms. The first-order chi connectivity index (χ1) is 15.4. The van der Waals surface area contributed by atoms with Crippen molar-refractivity contribution in [3.05, 3.63) is 71.9 Å². The number of pyridine rings is 2. The van der Waals surface area contributed by atoms with Gasteiger partial charge in [-0.25, -0.2) is 0 Å². The van der Waals surface area contributed by atoms with Crippen LogP contribution in [0.5, 0.6) is 0 Å². The van der Waals surface area contributed by atoms with Gasteiger partial charge in [0.1, 0.15) is 0 Å². The number of carbonyl (C=O) groups excluding carboxylic acids is 1. The summed E-state index contributed by atoms with van der Waals surface area (Å²) < 4.78 is 0. The van der Waals surface area contributed by atoms with Crippen molar-refractivity contribution in [2.45, 2.75) is 13.1 Å². The molecule has 0 radical (unpaired) electrons. The van der Waals surface area contributed by atoms with Gasteiger partial charge in [-0.05, 0) is 69.6 Å². The SMILES string of the molecule is CN(C)Cc1cncc(-c2ccc3[nH]nc(C(=O)Nc4ccc(CN(C)C)nc4)c3c2)c1. The van der Waals surface area contributed by atoms with Crippen LogP contribution in [0.2, 0.25) is 0 Å². The molecule has 0 fully saturated rings. The Morgan fingerprint density at radius 3 is 2.47 bits per heavy atom. The van der Waals surface area contributed by atoms with Crippen molar-refractivity contribution in [2.24, 2.45) is 0 Å². The smallest absolute Gasteiger partial charge is 0.276 e. The van der Waals surface area contributed by atoms with Gasteiger partial charge in [0.15, 0.2) is 5.69 Å². The fourth-order valence-corrected chi connectivity index (χ4v) is 3.57. The fourth-order valence-electron chi connectivity index (χ4n) is 3.57. The van der Waals surface area contributed by atoms with Crippen LogP contribution in [0.4, 0.5) is 5.69 Å². The van der Waals surface area contributed by atoms with Gasteiger partial charge in [0.2, 0.25) is 0 Å². The number of anilines is 1. The van der Waals surface area contributed by atoms with E-state index in [2.05, 4.69) is 36.4 Å². The molecule has 8 nitrogen and oxygen atoms in total. The fraction of sp³-hybridized carbons (Fsp3) is 0.250. The number of nitrogens with zero attached hydrogens (tertiary/aromatic N) is 5. The summed E-state index contributed by atoms with van der Waals surface area (Å²) in [6.45, 7) is 1.55. The summed E-state index contributed by atoms with van der Waals surface area (Å²) in [4.78, 5) is 25.9. The topological polar surface area (TPSA) is 90.0 Å². The zero-order valence-electron chi connectivity index (χ0n) is 18.8. The summed E-state index contributed by atoms with van der Waals surface area (Å²) in [7, 11) is 8.03. The van der Waals surface area contributed by atoms with Gasteiger partial charge in [0, 0.05) is 36.4 Å². The number of benzene rings is 1. The van der Waals surface area contributed by atoms with Crippen molar-refractivity contribution in [2.75, 3.05) is 33.5 Å². The number of hydrogen-bond acceptors (Lipinski definition) is 6. The maximum absolute atomic E-state index is 12.9. The molecule has 0 atom stereocenters. The molecular formula is C24H27N7O. The van der Waals surface area contributed by atoms with Crippen LogP contribution in [0.3, 0.4) is 0 Å². The molecule has 0 saturated carbocycles. The van der Waals surface area contributed by atoms with Crippen LogP contribution >= 0.6 is 0 Å². The predicted octanol–water partition coefficient (Wildman–Crippen LogP) is 3.40. The average molecular weight is 430 g/mol. The maximum Gasteiger partial charge on any atom is 0.276 e. The zero-order valence-corrected chi connectivity index (χ0v) is 18.8. The Labute approximate surface area is 187 Å². The predicted molar refractivity (Wildman–Crippen MR) is 126 cm³/mol. The summed E-state index contributed by atoms with van der Waals surface area (Å²) >= 11 is 0. The van der Waals surface area contributed by atoms with E-state index in [1.54, 1.807) is 6.20 Å². The molecule has 4 rings (SSSR count). The lowest BCUT2D eigenvalue weighted by atomic mass is 10.0. The largest absolute Gasteiger partial charge is 0.319 e. The highest BCUT2D eigenvalue weighted by Gasteiger charge is 2.16. The molecule has 0 aliphatic heterocycles. The molecule has 0 spiro atoms. The lowest BCUT2D eigenvalue weighted by Crippen LogP contribution is -2.14. The van der Waals surface area contributed by atoms with E-state index in [-0.39, 0.29) is 5.91 Å². The Morgan fingerprint density at radius 1 is 0.938 bits per heavy atom. The third-order valence-corrected chi connectivity index (χ3v) is 4.97. The normalized spacial score (nSPS) is 11.4. The molecule has 0 unspecified atom stereocenters. The van der Waals surface area contributed by atoms with Crippen LogP contribution in [-0.4, -0.2) is 64.1 Å². The molecule has 0 aliphatic rings. The Balaban J connectivity index is 1.58. The lowest BCUT2D eigenvalue weighted by molar-refractivity contribution is 0.102. The number of nitrogens with one attached hydrogen (secondary N) is 2. The second kappa shape index (κ2) is 9.25. The van der Waals surface area contributed by atoms with E-state index in [1.807, 2.05) is 75.8 Å². The third kappa shape index (κ3) is 4.99. The van der Waals surface area contributed by atoms with E-state index in [0.717, 1.165) is 46.4 Å². The third-order valence-electron chi connectivity index (χ3n) is 4.97. The number of fused-ring (bicyclic) bond motifs is 1. The van der Waals surface area contributed by atoms with Crippen molar-refractivity contribution >= 4 is 22.5 Å². The molecule has 1 aromatic carbocycles. The minimum atomic E-state index is -0.282. The van der Waals surface area contributed by atoms with Gasteiger partial charge in [0.25, 0.3) is 5.91 Å². The van der Waals surface area contributed by atoms with E-state index in [4.69, 9.17) is 0 Å². The van der Waals surface area contributed by atoms with Crippen LogP contribution in [0.25, 0.3) is 22.0 Å². The number of hydrogen-bond donors (Lipinski definition) is 2. The second-order valence-corrected chi connectivity index (χ2v) is 8.38. The van der Waals surface area contributed by atoms with Crippen LogP contribution in [0.1, 0.15) is 21.7 Å². The quantitative estimate of drug-likeness (QED) is 0.468. The summed E-state index contributed by atoms with van der Waals surface area (Å²) in [6.07, 6.45) is 5.37. The number of carbonyl (C=O) groups is 1. The van der Waals surface area contributed by atoms with Crippen LogP contribution in [-0.2, 0) is 13.1 Å². The van der Waals surface area contributed by atoms with Crippen LogP contribution in [0, 0.1) is 0 Å². The Morgan fingerprint density at radius 2 is 1.75 bits per heavy atom. The highest BCUT2D eigenvalue weighted by Crippen LogP contribution is 2.26. The number of amides is 1. The van der Waals surface area contributed by atoms with Gasteiger partial charge in [-0.3, -0.25) is 19.9 Å². The molecule has 32 heavy (non-hydrogen) atoms. The van der Waals surface area contributed by atoms with Crippen molar-refractivity contribution in [1.29, 1.82) is 0 Å². The molecular weight excluding hydrogens is 402 g/mol.